The van der Waals surface area contributed by atoms with Crippen molar-refractivity contribution in [2.75, 3.05) is 14.1 Å². The molecule has 0 heterocycles. The van der Waals surface area contributed by atoms with Crippen LogP contribution in [0, 0.1) is 39.9 Å². The van der Waals surface area contributed by atoms with E-state index in [0.717, 1.165) is 31.1 Å². The molecule has 0 saturated heterocycles. The van der Waals surface area contributed by atoms with Crippen LogP contribution in [0.4, 0.5) is 0 Å². The average molecular weight is 402 g/mol. The van der Waals surface area contributed by atoms with Crippen molar-refractivity contribution in [2.24, 2.45) is 39.9 Å². The number of fused-ring (bicyclic) bond motifs is 5. The van der Waals surface area contributed by atoms with Crippen LogP contribution in [0.3, 0.4) is 0 Å². The monoisotopic (exact) mass is 401 g/mol. The molecule has 4 saturated carbocycles. The average Bonchev–Trinajstić information content (AvgIpc) is 2.93. The number of allylic oxidation sites excluding steroid dienone is 1. The SMILES string of the molecule is C=C(C(=O)[C@@]1(C)CC[C@H]2[C@@H]3CC[C@H]4C[C@](C)(O)CC[C@]4(C)[C@H]3CC[C@@]21C)N(C)C. The zero-order valence-electron chi connectivity index (χ0n) is 19.7. The summed E-state index contributed by atoms with van der Waals surface area (Å²) < 4.78 is 0. The molecule has 4 fully saturated rings. The minimum Gasteiger partial charge on any atom is -0.390 e. The highest BCUT2D eigenvalue weighted by Crippen LogP contribution is 2.71. The molecule has 1 N–H and O–H groups in total. The van der Waals surface area contributed by atoms with Crippen LogP contribution in [-0.2, 0) is 4.79 Å². The summed E-state index contributed by atoms with van der Waals surface area (Å²) in [5.74, 6) is 3.12. The fourth-order valence-electron chi connectivity index (χ4n) is 8.59. The van der Waals surface area contributed by atoms with Crippen LogP contribution in [-0.4, -0.2) is 35.5 Å². The zero-order valence-corrected chi connectivity index (χ0v) is 19.7. The van der Waals surface area contributed by atoms with Crippen molar-refractivity contribution in [1.29, 1.82) is 0 Å². The summed E-state index contributed by atoms with van der Waals surface area (Å²) in [6.07, 6.45) is 10.3. The number of ketones is 1. The van der Waals surface area contributed by atoms with Crippen LogP contribution in [0.15, 0.2) is 12.3 Å². The quantitative estimate of drug-likeness (QED) is 0.641. The van der Waals surface area contributed by atoms with Gasteiger partial charge in [0, 0.05) is 19.5 Å². The van der Waals surface area contributed by atoms with Gasteiger partial charge in [0.2, 0.25) is 0 Å². The predicted molar refractivity (Wildman–Crippen MR) is 118 cm³/mol. The third-order valence-corrected chi connectivity index (χ3v) is 10.9. The summed E-state index contributed by atoms with van der Waals surface area (Å²) in [6, 6.07) is 0. The number of nitrogens with zero attached hydrogens (tertiary/aromatic N) is 1. The van der Waals surface area contributed by atoms with Crippen molar-refractivity contribution < 1.29 is 9.90 Å². The molecule has 29 heavy (non-hydrogen) atoms. The van der Waals surface area contributed by atoms with Crippen molar-refractivity contribution in [3.63, 3.8) is 0 Å². The summed E-state index contributed by atoms with van der Waals surface area (Å²) in [5.41, 5.74) is 0.390. The standard InChI is InChI=1S/C26H43NO2/c1-17(27(6)7)22(28)26(5)13-11-21-19-9-8-18-16-23(2,29)14-15-24(18,3)20(19)10-12-25(21,26)4/h18-21,29H,1,8-16H2,2-7H3/t18-,19+,20-,21-,23+,24-,25-,26+/m0/s1. The van der Waals surface area contributed by atoms with E-state index in [9.17, 15) is 9.90 Å². The maximum atomic E-state index is 13.5. The number of likely N-dealkylation sites (N-methyl/N-ethyl adjacent to an activating group) is 1. The Bertz CT molecular complexity index is 711. The molecule has 0 aromatic heterocycles. The Balaban J connectivity index is 1.62. The van der Waals surface area contributed by atoms with Crippen molar-refractivity contribution in [2.45, 2.75) is 91.1 Å². The number of carbonyl (C=O) groups excluding carboxylic acids is 1. The first-order valence-corrected chi connectivity index (χ1v) is 12.0. The molecule has 0 aromatic rings. The van der Waals surface area contributed by atoms with Gasteiger partial charge >= 0.3 is 0 Å². The van der Waals surface area contributed by atoms with Gasteiger partial charge < -0.3 is 10.0 Å². The van der Waals surface area contributed by atoms with Gasteiger partial charge in [-0.15, -0.1) is 0 Å². The third kappa shape index (κ3) is 2.89. The molecule has 4 aliphatic rings. The fourth-order valence-corrected chi connectivity index (χ4v) is 8.59. The van der Waals surface area contributed by atoms with Gasteiger partial charge in [0.25, 0.3) is 0 Å². The van der Waals surface area contributed by atoms with Crippen molar-refractivity contribution in [1.82, 2.24) is 4.90 Å². The Morgan fingerprint density at radius 1 is 0.931 bits per heavy atom. The summed E-state index contributed by atoms with van der Waals surface area (Å²) in [4.78, 5) is 15.4. The molecule has 164 valence electrons. The molecule has 0 radical (unpaired) electrons. The number of rotatable bonds is 3. The molecule has 0 amide bonds. The van der Waals surface area contributed by atoms with E-state index < -0.39 is 5.60 Å². The van der Waals surface area contributed by atoms with Crippen LogP contribution in [0.1, 0.15) is 85.5 Å². The number of hydrogen-bond acceptors (Lipinski definition) is 3. The van der Waals surface area contributed by atoms with E-state index in [2.05, 4.69) is 27.4 Å². The Morgan fingerprint density at radius 3 is 2.24 bits per heavy atom. The number of Topliss-reactive ketones (excluding diaryl/α,β-unsaturated/α-hetero) is 1. The lowest BCUT2D eigenvalue weighted by Crippen LogP contribution is -2.57. The Kier molecular flexibility index (Phi) is 4.86. The van der Waals surface area contributed by atoms with E-state index in [1.807, 2.05) is 25.9 Å². The smallest absolute Gasteiger partial charge is 0.184 e. The van der Waals surface area contributed by atoms with E-state index in [1.54, 1.807) is 0 Å². The molecule has 4 aliphatic carbocycles. The van der Waals surface area contributed by atoms with Gasteiger partial charge in [-0.2, -0.15) is 0 Å². The van der Waals surface area contributed by atoms with Crippen molar-refractivity contribution >= 4 is 5.78 Å². The summed E-state index contributed by atoms with van der Waals surface area (Å²) in [5, 5.41) is 10.7. The minimum atomic E-state index is -0.467. The van der Waals surface area contributed by atoms with Gasteiger partial charge in [0.15, 0.2) is 5.78 Å². The van der Waals surface area contributed by atoms with E-state index in [1.165, 1.54) is 38.5 Å². The fraction of sp³-hybridized carbons (Fsp3) is 0.885. The second-order valence-corrected chi connectivity index (χ2v) is 12.4. The predicted octanol–water partition coefficient (Wildman–Crippen LogP) is 5.43. The molecule has 0 aliphatic heterocycles. The molecule has 0 spiro atoms. The lowest BCUT2D eigenvalue weighted by Gasteiger charge is -2.62. The molecule has 3 heteroatoms. The van der Waals surface area contributed by atoms with Gasteiger partial charge in [-0.25, -0.2) is 0 Å². The molecule has 4 rings (SSSR count). The first-order chi connectivity index (χ1) is 13.4. The van der Waals surface area contributed by atoms with E-state index in [-0.39, 0.29) is 16.6 Å². The normalized spacial score (nSPS) is 51.6. The first-order valence-electron chi connectivity index (χ1n) is 12.0. The highest BCUT2D eigenvalue weighted by molar-refractivity contribution is 5.99. The molecule has 3 nitrogen and oxygen atoms in total. The lowest BCUT2D eigenvalue weighted by molar-refractivity contribution is -0.159. The van der Waals surface area contributed by atoms with Crippen LogP contribution in [0.25, 0.3) is 0 Å². The van der Waals surface area contributed by atoms with E-state index >= 15 is 0 Å². The Hall–Kier alpha value is -0.830. The number of hydrogen-bond donors (Lipinski definition) is 1. The van der Waals surface area contributed by atoms with Crippen molar-refractivity contribution in [3.8, 4) is 0 Å². The zero-order chi connectivity index (χ0) is 21.4. The van der Waals surface area contributed by atoms with Crippen LogP contribution in [0.5, 0.6) is 0 Å². The van der Waals surface area contributed by atoms with Gasteiger partial charge in [-0.3, -0.25) is 4.79 Å². The van der Waals surface area contributed by atoms with Crippen molar-refractivity contribution in [3.05, 3.63) is 12.3 Å². The Morgan fingerprint density at radius 2 is 1.59 bits per heavy atom. The molecular formula is C26H43NO2. The Labute approximate surface area is 178 Å². The lowest BCUT2D eigenvalue weighted by atomic mass is 9.42. The maximum Gasteiger partial charge on any atom is 0.184 e. The summed E-state index contributed by atoms with van der Waals surface area (Å²) in [6.45, 7) is 13.4. The highest BCUT2D eigenvalue weighted by atomic mass is 16.3. The van der Waals surface area contributed by atoms with Gasteiger partial charge in [0.05, 0.1) is 11.3 Å². The van der Waals surface area contributed by atoms with Crippen LogP contribution >= 0.6 is 0 Å². The minimum absolute atomic E-state index is 0.0908. The largest absolute Gasteiger partial charge is 0.390 e. The maximum absolute atomic E-state index is 13.5. The van der Waals surface area contributed by atoms with E-state index in [0.29, 0.717) is 22.9 Å². The van der Waals surface area contributed by atoms with Gasteiger partial charge in [-0.1, -0.05) is 27.4 Å². The second-order valence-electron chi connectivity index (χ2n) is 12.4. The first kappa shape index (κ1) is 21.4. The molecule has 0 aromatic carbocycles. The number of aliphatic hydroxyl groups is 1. The van der Waals surface area contributed by atoms with Crippen LogP contribution in [0.2, 0.25) is 0 Å². The van der Waals surface area contributed by atoms with Gasteiger partial charge in [-0.05, 0) is 99.2 Å². The van der Waals surface area contributed by atoms with Crippen LogP contribution < -0.4 is 0 Å². The van der Waals surface area contributed by atoms with E-state index in [4.69, 9.17) is 0 Å². The molecule has 0 bridgehead atoms. The molecule has 8 atom stereocenters. The number of carbonyl (C=O) groups is 1. The highest BCUT2D eigenvalue weighted by Gasteiger charge is 2.65. The molecular weight excluding hydrogens is 358 g/mol. The third-order valence-electron chi connectivity index (χ3n) is 10.9. The molecule has 0 unspecified atom stereocenters. The summed E-state index contributed by atoms with van der Waals surface area (Å²) in [7, 11) is 3.88. The topological polar surface area (TPSA) is 40.5 Å². The summed E-state index contributed by atoms with van der Waals surface area (Å²) >= 11 is 0. The van der Waals surface area contributed by atoms with Gasteiger partial charge in [0.1, 0.15) is 0 Å². The second kappa shape index (κ2) is 6.58.